The highest BCUT2D eigenvalue weighted by Crippen LogP contribution is 2.41. The van der Waals surface area contributed by atoms with Gasteiger partial charge in [-0.3, -0.25) is 4.79 Å². The molecule has 0 radical (unpaired) electrons. The average Bonchev–Trinajstić information content (AvgIpc) is 2.92. The van der Waals surface area contributed by atoms with Crippen LogP contribution in [-0.4, -0.2) is 29.3 Å². The first-order chi connectivity index (χ1) is 9.77. The minimum Gasteiger partial charge on any atom is -0.373 e. The van der Waals surface area contributed by atoms with Crippen molar-refractivity contribution in [1.82, 2.24) is 10.5 Å². The first-order valence-corrected chi connectivity index (χ1v) is 7.68. The van der Waals surface area contributed by atoms with Crippen molar-refractivity contribution in [1.29, 1.82) is 0 Å². The molecule has 1 saturated heterocycles. The smallest absolute Gasteiger partial charge is 0.290 e. The fourth-order valence-corrected chi connectivity index (χ4v) is 3.61. The van der Waals surface area contributed by atoms with Crippen molar-refractivity contribution in [3.63, 3.8) is 0 Å². The zero-order valence-electron chi connectivity index (χ0n) is 11.6. The Morgan fingerprint density at radius 3 is 2.85 bits per heavy atom. The summed E-state index contributed by atoms with van der Waals surface area (Å²) in [5, 5.41) is 7.10. The Morgan fingerprint density at radius 1 is 1.30 bits per heavy atom. The SMILES string of the molecule is O=C(NC1CCOC12CCCC2)c1cc(C2CC2)no1. The highest BCUT2D eigenvalue weighted by atomic mass is 16.5. The Labute approximate surface area is 118 Å². The van der Waals surface area contributed by atoms with E-state index in [4.69, 9.17) is 9.26 Å². The van der Waals surface area contributed by atoms with Crippen molar-refractivity contribution < 1.29 is 14.1 Å². The molecular weight excluding hydrogens is 256 g/mol. The van der Waals surface area contributed by atoms with Crippen LogP contribution in [0.1, 0.15) is 67.1 Å². The molecule has 1 aromatic heterocycles. The summed E-state index contributed by atoms with van der Waals surface area (Å²) in [7, 11) is 0. The molecule has 20 heavy (non-hydrogen) atoms. The maximum absolute atomic E-state index is 12.3. The maximum Gasteiger partial charge on any atom is 0.290 e. The van der Waals surface area contributed by atoms with Crippen LogP contribution in [0.4, 0.5) is 0 Å². The predicted octanol–water partition coefficient (Wildman–Crippen LogP) is 2.38. The van der Waals surface area contributed by atoms with Gasteiger partial charge in [-0.2, -0.15) is 0 Å². The first kappa shape index (κ1) is 12.4. The van der Waals surface area contributed by atoms with Crippen LogP contribution in [-0.2, 0) is 4.74 Å². The number of aromatic nitrogens is 1. The van der Waals surface area contributed by atoms with Crippen LogP contribution < -0.4 is 5.32 Å². The van der Waals surface area contributed by atoms with Crippen molar-refractivity contribution >= 4 is 5.91 Å². The lowest BCUT2D eigenvalue weighted by atomic mass is 9.92. The van der Waals surface area contributed by atoms with E-state index in [2.05, 4.69) is 10.5 Å². The quantitative estimate of drug-likeness (QED) is 0.920. The summed E-state index contributed by atoms with van der Waals surface area (Å²) >= 11 is 0. The van der Waals surface area contributed by atoms with Gasteiger partial charge in [0.2, 0.25) is 5.76 Å². The van der Waals surface area contributed by atoms with E-state index in [1.54, 1.807) is 6.07 Å². The Kier molecular flexibility index (Phi) is 2.84. The molecule has 5 heteroatoms. The summed E-state index contributed by atoms with van der Waals surface area (Å²) in [6.45, 7) is 0.745. The third-order valence-electron chi connectivity index (χ3n) is 4.93. The Bertz CT molecular complexity index is 509. The van der Waals surface area contributed by atoms with Crippen LogP contribution in [0.5, 0.6) is 0 Å². The van der Waals surface area contributed by atoms with Gasteiger partial charge in [-0.15, -0.1) is 0 Å². The third kappa shape index (κ3) is 2.04. The van der Waals surface area contributed by atoms with Gasteiger partial charge in [-0.05, 0) is 32.1 Å². The molecule has 0 bridgehead atoms. The van der Waals surface area contributed by atoms with E-state index in [1.165, 1.54) is 12.8 Å². The molecule has 1 spiro atoms. The molecule has 2 heterocycles. The van der Waals surface area contributed by atoms with E-state index < -0.39 is 0 Å². The predicted molar refractivity (Wildman–Crippen MR) is 71.5 cm³/mol. The third-order valence-corrected chi connectivity index (χ3v) is 4.93. The van der Waals surface area contributed by atoms with Crippen molar-refractivity contribution in [3.8, 4) is 0 Å². The number of carbonyl (C=O) groups excluding carboxylic acids is 1. The molecule has 1 N–H and O–H groups in total. The number of nitrogens with one attached hydrogen (secondary N) is 1. The van der Waals surface area contributed by atoms with Crippen molar-refractivity contribution in [3.05, 3.63) is 17.5 Å². The van der Waals surface area contributed by atoms with E-state index in [0.717, 1.165) is 44.4 Å². The second kappa shape index (κ2) is 4.58. The summed E-state index contributed by atoms with van der Waals surface area (Å²) in [6.07, 6.45) is 7.72. The Hall–Kier alpha value is -1.36. The molecule has 3 aliphatic rings. The summed E-state index contributed by atoms with van der Waals surface area (Å²) in [5.74, 6) is 0.703. The second-order valence-electron chi connectivity index (χ2n) is 6.33. The number of carbonyl (C=O) groups is 1. The monoisotopic (exact) mass is 276 g/mol. The lowest BCUT2D eigenvalue weighted by molar-refractivity contribution is -0.00423. The van der Waals surface area contributed by atoms with Crippen LogP contribution in [0.2, 0.25) is 0 Å². The van der Waals surface area contributed by atoms with Gasteiger partial charge in [0.25, 0.3) is 5.91 Å². The zero-order chi connectivity index (χ0) is 13.6. The van der Waals surface area contributed by atoms with Gasteiger partial charge in [0.05, 0.1) is 17.3 Å². The normalized spacial score (nSPS) is 28.1. The fraction of sp³-hybridized carbons (Fsp3) is 0.733. The van der Waals surface area contributed by atoms with Gasteiger partial charge in [-0.1, -0.05) is 18.0 Å². The molecule has 1 aromatic rings. The number of amides is 1. The Morgan fingerprint density at radius 2 is 2.10 bits per heavy atom. The second-order valence-corrected chi connectivity index (χ2v) is 6.33. The summed E-state index contributed by atoms with van der Waals surface area (Å²) in [6, 6.07) is 1.91. The minimum absolute atomic E-state index is 0.116. The maximum atomic E-state index is 12.3. The molecule has 1 atom stereocenters. The molecule has 0 aromatic carbocycles. The minimum atomic E-state index is -0.147. The van der Waals surface area contributed by atoms with Crippen LogP contribution in [0.3, 0.4) is 0 Å². The van der Waals surface area contributed by atoms with Crippen molar-refractivity contribution in [2.24, 2.45) is 0 Å². The molecule has 2 saturated carbocycles. The standard InChI is InChI=1S/C15H20N2O3/c18-14(12-9-11(17-20-12)10-3-4-10)16-13-5-8-19-15(13)6-1-2-7-15/h9-10,13H,1-8H2,(H,16,18). The summed E-state index contributed by atoms with van der Waals surface area (Å²) < 4.78 is 11.1. The molecular formula is C15H20N2O3. The highest BCUT2D eigenvalue weighted by molar-refractivity contribution is 5.91. The van der Waals surface area contributed by atoms with Gasteiger partial charge in [0.15, 0.2) is 0 Å². The number of rotatable bonds is 3. The van der Waals surface area contributed by atoms with E-state index in [1.807, 2.05) is 0 Å². The lowest BCUT2D eigenvalue weighted by Gasteiger charge is -2.30. The van der Waals surface area contributed by atoms with Crippen LogP contribution in [0.25, 0.3) is 0 Å². The van der Waals surface area contributed by atoms with Crippen LogP contribution >= 0.6 is 0 Å². The fourth-order valence-electron chi connectivity index (χ4n) is 3.61. The van der Waals surface area contributed by atoms with Gasteiger partial charge < -0.3 is 14.6 Å². The first-order valence-electron chi connectivity index (χ1n) is 7.68. The lowest BCUT2D eigenvalue weighted by Crippen LogP contribution is -2.48. The van der Waals surface area contributed by atoms with Crippen molar-refractivity contribution in [2.75, 3.05) is 6.61 Å². The average molecular weight is 276 g/mol. The van der Waals surface area contributed by atoms with E-state index in [9.17, 15) is 4.79 Å². The number of ether oxygens (including phenoxy) is 1. The summed E-state index contributed by atoms with van der Waals surface area (Å²) in [5.41, 5.74) is 0.808. The van der Waals surface area contributed by atoms with E-state index >= 15 is 0 Å². The number of hydrogen-bond acceptors (Lipinski definition) is 4. The molecule has 3 fully saturated rings. The topological polar surface area (TPSA) is 64.4 Å². The molecule has 1 amide bonds. The highest BCUT2D eigenvalue weighted by Gasteiger charge is 2.47. The van der Waals surface area contributed by atoms with Gasteiger partial charge in [0.1, 0.15) is 0 Å². The number of hydrogen-bond donors (Lipinski definition) is 1. The van der Waals surface area contributed by atoms with Crippen LogP contribution in [0, 0.1) is 0 Å². The zero-order valence-corrected chi connectivity index (χ0v) is 11.6. The van der Waals surface area contributed by atoms with Crippen LogP contribution in [0.15, 0.2) is 10.6 Å². The number of nitrogens with zero attached hydrogens (tertiary/aromatic N) is 1. The van der Waals surface area contributed by atoms with Gasteiger partial charge >= 0.3 is 0 Å². The molecule has 1 aliphatic heterocycles. The molecule has 5 nitrogen and oxygen atoms in total. The van der Waals surface area contributed by atoms with Gasteiger partial charge in [0, 0.05) is 18.6 Å². The van der Waals surface area contributed by atoms with Gasteiger partial charge in [-0.25, -0.2) is 0 Å². The van der Waals surface area contributed by atoms with E-state index in [0.29, 0.717) is 11.7 Å². The van der Waals surface area contributed by atoms with E-state index in [-0.39, 0.29) is 17.6 Å². The van der Waals surface area contributed by atoms with Crippen molar-refractivity contribution in [2.45, 2.75) is 62.5 Å². The molecule has 4 rings (SSSR count). The molecule has 1 unspecified atom stereocenters. The largest absolute Gasteiger partial charge is 0.373 e. The molecule has 2 aliphatic carbocycles. The summed E-state index contributed by atoms with van der Waals surface area (Å²) in [4.78, 5) is 12.3. The Balaban J connectivity index is 1.45. The molecule has 108 valence electrons.